The van der Waals surface area contributed by atoms with Gasteiger partial charge in [-0.15, -0.1) is 0 Å². The van der Waals surface area contributed by atoms with Crippen LogP contribution in [0.15, 0.2) is 46.9 Å². The van der Waals surface area contributed by atoms with Gasteiger partial charge in [0.15, 0.2) is 0 Å². The van der Waals surface area contributed by atoms with Crippen LogP contribution in [0.25, 0.3) is 0 Å². The van der Waals surface area contributed by atoms with E-state index in [0.717, 1.165) is 19.6 Å². The molecule has 0 aliphatic carbocycles. The predicted octanol–water partition coefficient (Wildman–Crippen LogP) is 3.42. The molecule has 138 valence electrons. The molecule has 1 heterocycles. The minimum atomic E-state index is 0.00783. The summed E-state index contributed by atoms with van der Waals surface area (Å²) in [6, 6.07) is 13.9. The number of methoxy groups -OCH3 is 2. The number of rotatable bonds is 5. The first-order valence-electron chi connectivity index (χ1n) is 8.59. The van der Waals surface area contributed by atoms with Crippen LogP contribution in [-0.2, 0) is 6.54 Å². The van der Waals surface area contributed by atoms with E-state index >= 15 is 0 Å². The van der Waals surface area contributed by atoms with E-state index in [1.165, 1.54) is 5.56 Å². The predicted molar refractivity (Wildman–Crippen MR) is 105 cm³/mol. The fourth-order valence-electron chi connectivity index (χ4n) is 3.13. The molecule has 2 aromatic rings. The molecule has 0 saturated carbocycles. The van der Waals surface area contributed by atoms with Crippen LogP contribution < -0.4 is 9.47 Å². The fraction of sp³-hybridized carbons (Fsp3) is 0.350. The summed E-state index contributed by atoms with van der Waals surface area (Å²) in [6.45, 7) is 4.08. The summed E-state index contributed by atoms with van der Waals surface area (Å²) in [5.41, 5.74) is 1.88. The van der Waals surface area contributed by atoms with Crippen molar-refractivity contribution in [1.82, 2.24) is 9.80 Å². The second-order valence-corrected chi connectivity index (χ2v) is 7.04. The first-order chi connectivity index (χ1) is 12.6. The van der Waals surface area contributed by atoms with Gasteiger partial charge < -0.3 is 14.4 Å². The lowest BCUT2D eigenvalue weighted by Gasteiger charge is -2.35. The first-order valence-corrected chi connectivity index (χ1v) is 9.38. The summed E-state index contributed by atoms with van der Waals surface area (Å²) in [7, 11) is 3.16. The molecule has 1 aliphatic heterocycles. The molecule has 1 amide bonds. The van der Waals surface area contributed by atoms with Crippen LogP contribution in [0.2, 0.25) is 0 Å². The maximum absolute atomic E-state index is 12.9. The van der Waals surface area contributed by atoms with Crippen molar-refractivity contribution >= 4 is 21.8 Å². The third-order valence-electron chi connectivity index (χ3n) is 4.60. The van der Waals surface area contributed by atoms with Gasteiger partial charge in [0, 0.05) is 38.3 Å². The number of benzene rings is 2. The third kappa shape index (κ3) is 4.19. The summed E-state index contributed by atoms with van der Waals surface area (Å²) >= 11 is 3.44. The zero-order valence-corrected chi connectivity index (χ0v) is 16.7. The Hall–Kier alpha value is -2.05. The maximum atomic E-state index is 12.9. The number of nitrogens with zero attached hydrogens (tertiary/aromatic N) is 2. The molecule has 5 nitrogen and oxygen atoms in total. The van der Waals surface area contributed by atoms with Gasteiger partial charge in [-0.05, 0) is 33.6 Å². The third-order valence-corrected chi connectivity index (χ3v) is 5.38. The van der Waals surface area contributed by atoms with Crippen molar-refractivity contribution in [3.8, 4) is 11.5 Å². The number of carbonyl (C=O) groups excluding carboxylic acids is 1. The average Bonchev–Trinajstić information content (AvgIpc) is 2.69. The number of hydrogen-bond donors (Lipinski definition) is 0. The zero-order valence-electron chi connectivity index (χ0n) is 15.1. The van der Waals surface area contributed by atoms with Crippen molar-refractivity contribution in [3.63, 3.8) is 0 Å². The molecule has 3 rings (SSSR count). The van der Waals surface area contributed by atoms with Gasteiger partial charge in [0.2, 0.25) is 0 Å². The molecule has 0 N–H and O–H groups in total. The Kier molecular flexibility index (Phi) is 6.16. The SMILES string of the molecule is COc1cc(C(=O)N2CCN(Cc3ccccc3)CC2)cc(OC)c1Br. The van der Waals surface area contributed by atoms with Crippen LogP contribution in [0.1, 0.15) is 15.9 Å². The highest BCUT2D eigenvalue weighted by molar-refractivity contribution is 9.10. The Morgan fingerprint density at radius 2 is 1.58 bits per heavy atom. The van der Waals surface area contributed by atoms with Crippen LogP contribution in [0.4, 0.5) is 0 Å². The van der Waals surface area contributed by atoms with E-state index in [1.54, 1.807) is 26.4 Å². The Bertz CT molecular complexity index is 734. The molecule has 0 unspecified atom stereocenters. The first kappa shape index (κ1) is 18.7. The van der Waals surface area contributed by atoms with Crippen molar-refractivity contribution in [2.45, 2.75) is 6.54 Å². The van der Waals surface area contributed by atoms with E-state index in [-0.39, 0.29) is 5.91 Å². The molecule has 6 heteroatoms. The Morgan fingerprint density at radius 3 is 2.12 bits per heavy atom. The smallest absolute Gasteiger partial charge is 0.254 e. The van der Waals surface area contributed by atoms with E-state index in [1.807, 2.05) is 11.0 Å². The number of halogens is 1. The number of piperazine rings is 1. The average molecular weight is 419 g/mol. The van der Waals surface area contributed by atoms with Crippen molar-refractivity contribution in [2.75, 3.05) is 40.4 Å². The number of hydrogen-bond acceptors (Lipinski definition) is 4. The van der Waals surface area contributed by atoms with E-state index < -0.39 is 0 Å². The second kappa shape index (κ2) is 8.56. The topological polar surface area (TPSA) is 42.0 Å². The molecule has 0 bridgehead atoms. The molecule has 1 saturated heterocycles. The lowest BCUT2D eigenvalue weighted by Crippen LogP contribution is -2.48. The van der Waals surface area contributed by atoms with Gasteiger partial charge in [0.05, 0.1) is 14.2 Å². The highest BCUT2D eigenvalue weighted by Crippen LogP contribution is 2.36. The molecule has 0 spiro atoms. The van der Waals surface area contributed by atoms with E-state index in [9.17, 15) is 4.79 Å². The molecule has 0 atom stereocenters. The second-order valence-electron chi connectivity index (χ2n) is 6.25. The molecule has 0 radical (unpaired) electrons. The molecule has 1 fully saturated rings. The van der Waals surface area contributed by atoms with Crippen LogP contribution >= 0.6 is 15.9 Å². The van der Waals surface area contributed by atoms with E-state index in [2.05, 4.69) is 45.1 Å². The van der Waals surface area contributed by atoms with Crippen molar-refractivity contribution in [2.24, 2.45) is 0 Å². The normalized spacial score (nSPS) is 15.0. The summed E-state index contributed by atoms with van der Waals surface area (Å²) in [5.74, 6) is 1.19. The molecule has 1 aliphatic rings. The Labute approximate surface area is 162 Å². The molecule has 0 aromatic heterocycles. The monoisotopic (exact) mass is 418 g/mol. The van der Waals surface area contributed by atoms with Gasteiger partial charge in [-0.1, -0.05) is 30.3 Å². The Morgan fingerprint density at radius 1 is 1.00 bits per heavy atom. The maximum Gasteiger partial charge on any atom is 0.254 e. The number of amides is 1. The lowest BCUT2D eigenvalue weighted by atomic mass is 10.1. The molecule has 2 aromatic carbocycles. The van der Waals surface area contributed by atoms with Crippen molar-refractivity contribution in [3.05, 3.63) is 58.1 Å². The highest BCUT2D eigenvalue weighted by atomic mass is 79.9. The van der Waals surface area contributed by atoms with Crippen LogP contribution in [0.5, 0.6) is 11.5 Å². The Balaban J connectivity index is 1.65. The van der Waals surface area contributed by atoms with Gasteiger partial charge in [0.1, 0.15) is 16.0 Å². The summed E-state index contributed by atoms with van der Waals surface area (Å²) in [4.78, 5) is 17.2. The summed E-state index contributed by atoms with van der Waals surface area (Å²) in [5, 5.41) is 0. The quantitative estimate of drug-likeness (QED) is 0.745. The van der Waals surface area contributed by atoms with Gasteiger partial charge >= 0.3 is 0 Å². The van der Waals surface area contributed by atoms with Crippen LogP contribution in [-0.4, -0.2) is 56.1 Å². The number of carbonyl (C=O) groups is 1. The van der Waals surface area contributed by atoms with E-state index in [0.29, 0.717) is 34.6 Å². The van der Waals surface area contributed by atoms with E-state index in [4.69, 9.17) is 9.47 Å². The van der Waals surface area contributed by atoms with Gasteiger partial charge in [-0.25, -0.2) is 0 Å². The standard InChI is InChI=1S/C20H23BrN2O3/c1-25-17-12-16(13-18(26-2)19(17)21)20(24)23-10-8-22(9-11-23)14-15-6-4-3-5-7-15/h3-7,12-13H,8-11,14H2,1-2H3. The van der Waals surface area contributed by atoms with Crippen molar-refractivity contribution in [1.29, 1.82) is 0 Å². The highest BCUT2D eigenvalue weighted by Gasteiger charge is 2.24. The van der Waals surface area contributed by atoms with Crippen LogP contribution in [0, 0.1) is 0 Å². The fourth-order valence-corrected chi connectivity index (χ4v) is 3.68. The molecular formula is C20H23BrN2O3. The molecular weight excluding hydrogens is 396 g/mol. The minimum Gasteiger partial charge on any atom is -0.495 e. The summed E-state index contributed by atoms with van der Waals surface area (Å²) < 4.78 is 11.4. The van der Waals surface area contributed by atoms with Gasteiger partial charge in [-0.2, -0.15) is 0 Å². The largest absolute Gasteiger partial charge is 0.495 e. The summed E-state index contributed by atoms with van der Waals surface area (Å²) in [6.07, 6.45) is 0. The minimum absolute atomic E-state index is 0.00783. The van der Waals surface area contributed by atoms with Gasteiger partial charge in [-0.3, -0.25) is 9.69 Å². The number of ether oxygens (including phenoxy) is 2. The van der Waals surface area contributed by atoms with Gasteiger partial charge in [0.25, 0.3) is 5.91 Å². The van der Waals surface area contributed by atoms with Crippen molar-refractivity contribution < 1.29 is 14.3 Å². The zero-order chi connectivity index (χ0) is 18.5. The molecule has 26 heavy (non-hydrogen) atoms. The lowest BCUT2D eigenvalue weighted by molar-refractivity contribution is 0.0627. The van der Waals surface area contributed by atoms with Crippen LogP contribution in [0.3, 0.4) is 0 Å².